The molecule has 3 rings (SSSR count). The largest absolute Gasteiger partial charge is 0.493 e. The van der Waals surface area contributed by atoms with E-state index in [1.807, 2.05) is 29.1 Å². The van der Waals surface area contributed by atoms with Gasteiger partial charge in [-0.3, -0.25) is 9.67 Å². The topological polar surface area (TPSA) is 39.9 Å². The quantitative estimate of drug-likeness (QED) is 0.645. The Kier molecular flexibility index (Phi) is 4.71. The molecule has 2 aromatic heterocycles. The highest BCUT2D eigenvalue weighted by Crippen LogP contribution is 2.20. The number of ether oxygens (including phenoxy) is 1. The van der Waals surface area contributed by atoms with Crippen molar-refractivity contribution in [3.63, 3.8) is 0 Å². The summed E-state index contributed by atoms with van der Waals surface area (Å²) in [6, 6.07) is 12.3. The fourth-order valence-corrected chi connectivity index (χ4v) is 2.54. The van der Waals surface area contributed by atoms with Crippen LogP contribution in [0.25, 0.3) is 11.3 Å². The molecule has 0 radical (unpaired) electrons. The van der Waals surface area contributed by atoms with Crippen molar-refractivity contribution < 1.29 is 4.74 Å². The molecule has 23 heavy (non-hydrogen) atoms. The molecular weight excluding hydrogens is 286 g/mol. The summed E-state index contributed by atoms with van der Waals surface area (Å²) in [5, 5.41) is 4.41. The zero-order chi connectivity index (χ0) is 16.1. The SMILES string of the molecule is Cc1ccc(C)c(OCCCn2nccc2-c2ccncc2)c1. The first-order valence-corrected chi connectivity index (χ1v) is 7.86. The van der Waals surface area contributed by atoms with Gasteiger partial charge in [-0.1, -0.05) is 12.1 Å². The third-order valence-electron chi connectivity index (χ3n) is 3.81. The van der Waals surface area contributed by atoms with Crippen LogP contribution in [0, 0.1) is 13.8 Å². The van der Waals surface area contributed by atoms with Crippen molar-refractivity contribution in [2.45, 2.75) is 26.8 Å². The molecule has 0 saturated carbocycles. The summed E-state index contributed by atoms with van der Waals surface area (Å²) in [6.45, 7) is 5.66. The fraction of sp³-hybridized carbons (Fsp3) is 0.263. The summed E-state index contributed by atoms with van der Waals surface area (Å²) in [6.07, 6.45) is 6.35. The van der Waals surface area contributed by atoms with E-state index in [1.54, 1.807) is 12.4 Å². The Morgan fingerprint density at radius 2 is 1.83 bits per heavy atom. The molecule has 0 saturated heterocycles. The van der Waals surface area contributed by atoms with Crippen LogP contribution in [0.5, 0.6) is 5.75 Å². The molecule has 0 atom stereocenters. The zero-order valence-electron chi connectivity index (χ0n) is 13.6. The molecule has 118 valence electrons. The molecule has 0 unspecified atom stereocenters. The highest BCUT2D eigenvalue weighted by molar-refractivity contribution is 5.58. The molecule has 1 aromatic carbocycles. The molecule has 0 fully saturated rings. The normalized spacial score (nSPS) is 10.7. The molecule has 4 nitrogen and oxygen atoms in total. The molecule has 0 aliphatic heterocycles. The lowest BCUT2D eigenvalue weighted by Crippen LogP contribution is -2.07. The van der Waals surface area contributed by atoms with Crippen molar-refractivity contribution in [2.24, 2.45) is 0 Å². The van der Waals surface area contributed by atoms with Crippen LogP contribution in [0.4, 0.5) is 0 Å². The van der Waals surface area contributed by atoms with E-state index in [9.17, 15) is 0 Å². The van der Waals surface area contributed by atoms with Crippen LogP contribution < -0.4 is 4.74 Å². The van der Waals surface area contributed by atoms with Crippen LogP contribution in [0.15, 0.2) is 55.0 Å². The second kappa shape index (κ2) is 7.09. The molecule has 0 bridgehead atoms. The average molecular weight is 307 g/mol. The first kappa shape index (κ1) is 15.3. The third-order valence-corrected chi connectivity index (χ3v) is 3.81. The van der Waals surface area contributed by atoms with E-state index in [4.69, 9.17) is 4.74 Å². The molecule has 0 aliphatic carbocycles. The number of nitrogens with zero attached hydrogens (tertiary/aromatic N) is 3. The van der Waals surface area contributed by atoms with Crippen LogP contribution in [0.1, 0.15) is 17.5 Å². The molecule has 0 spiro atoms. The van der Waals surface area contributed by atoms with Crippen molar-refractivity contribution in [3.8, 4) is 17.0 Å². The Morgan fingerprint density at radius 1 is 1.00 bits per heavy atom. The Balaban J connectivity index is 1.58. The Bertz CT molecular complexity index is 765. The van der Waals surface area contributed by atoms with E-state index in [1.165, 1.54) is 11.1 Å². The summed E-state index contributed by atoms with van der Waals surface area (Å²) in [4.78, 5) is 4.06. The molecule has 0 aliphatic rings. The second-order valence-corrected chi connectivity index (χ2v) is 5.65. The van der Waals surface area contributed by atoms with Crippen LogP contribution in [-0.2, 0) is 6.54 Å². The number of aromatic nitrogens is 3. The van der Waals surface area contributed by atoms with E-state index in [2.05, 4.69) is 42.1 Å². The standard InChI is InChI=1S/C19H21N3O/c1-15-4-5-16(2)19(14-15)23-13-3-12-22-18(8-11-21-22)17-6-9-20-10-7-17/h4-11,14H,3,12-13H2,1-2H3. The van der Waals surface area contributed by atoms with Crippen LogP contribution in [0.2, 0.25) is 0 Å². The lowest BCUT2D eigenvalue weighted by Gasteiger charge is -2.11. The minimum atomic E-state index is 0.680. The van der Waals surface area contributed by atoms with Gasteiger partial charge in [-0.15, -0.1) is 0 Å². The first-order valence-electron chi connectivity index (χ1n) is 7.86. The Hall–Kier alpha value is -2.62. The minimum absolute atomic E-state index is 0.680. The smallest absolute Gasteiger partial charge is 0.122 e. The lowest BCUT2D eigenvalue weighted by atomic mass is 10.1. The highest BCUT2D eigenvalue weighted by Gasteiger charge is 2.05. The maximum atomic E-state index is 5.91. The van der Waals surface area contributed by atoms with Gasteiger partial charge in [0.05, 0.1) is 12.3 Å². The van der Waals surface area contributed by atoms with Gasteiger partial charge in [0.1, 0.15) is 5.75 Å². The molecule has 0 amide bonds. The van der Waals surface area contributed by atoms with Gasteiger partial charge in [-0.05, 0) is 49.2 Å². The minimum Gasteiger partial charge on any atom is -0.493 e. The number of rotatable bonds is 6. The lowest BCUT2D eigenvalue weighted by molar-refractivity contribution is 0.297. The van der Waals surface area contributed by atoms with Crippen LogP contribution in [-0.4, -0.2) is 21.4 Å². The van der Waals surface area contributed by atoms with Gasteiger partial charge >= 0.3 is 0 Å². The molecular formula is C19H21N3O. The molecule has 3 aromatic rings. The van der Waals surface area contributed by atoms with Crippen molar-refractivity contribution in [1.29, 1.82) is 0 Å². The summed E-state index contributed by atoms with van der Waals surface area (Å²) < 4.78 is 7.93. The summed E-state index contributed by atoms with van der Waals surface area (Å²) >= 11 is 0. The van der Waals surface area contributed by atoms with Crippen LogP contribution in [0.3, 0.4) is 0 Å². The van der Waals surface area contributed by atoms with Gasteiger partial charge in [-0.25, -0.2) is 0 Å². The van der Waals surface area contributed by atoms with E-state index in [0.717, 1.165) is 30.0 Å². The number of benzene rings is 1. The van der Waals surface area contributed by atoms with E-state index >= 15 is 0 Å². The van der Waals surface area contributed by atoms with Crippen molar-refractivity contribution in [1.82, 2.24) is 14.8 Å². The summed E-state index contributed by atoms with van der Waals surface area (Å²) in [5.74, 6) is 0.972. The number of aryl methyl sites for hydroxylation is 3. The number of pyridine rings is 1. The van der Waals surface area contributed by atoms with E-state index in [0.29, 0.717) is 6.61 Å². The van der Waals surface area contributed by atoms with Gasteiger partial charge in [0.25, 0.3) is 0 Å². The summed E-state index contributed by atoms with van der Waals surface area (Å²) in [7, 11) is 0. The zero-order valence-corrected chi connectivity index (χ0v) is 13.6. The fourth-order valence-electron chi connectivity index (χ4n) is 2.54. The predicted molar refractivity (Wildman–Crippen MR) is 91.5 cm³/mol. The van der Waals surface area contributed by atoms with Gasteiger partial charge in [0.2, 0.25) is 0 Å². The van der Waals surface area contributed by atoms with Crippen molar-refractivity contribution >= 4 is 0 Å². The molecule has 2 heterocycles. The number of hydrogen-bond acceptors (Lipinski definition) is 3. The first-order chi connectivity index (χ1) is 11.2. The Morgan fingerprint density at radius 3 is 2.65 bits per heavy atom. The van der Waals surface area contributed by atoms with Gasteiger partial charge in [0.15, 0.2) is 0 Å². The maximum absolute atomic E-state index is 5.91. The summed E-state index contributed by atoms with van der Waals surface area (Å²) in [5.41, 5.74) is 4.64. The highest BCUT2D eigenvalue weighted by atomic mass is 16.5. The van der Waals surface area contributed by atoms with Gasteiger partial charge in [0, 0.05) is 37.1 Å². The van der Waals surface area contributed by atoms with Crippen LogP contribution >= 0.6 is 0 Å². The third kappa shape index (κ3) is 3.77. The van der Waals surface area contributed by atoms with Crippen molar-refractivity contribution in [3.05, 3.63) is 66.1 Å². The Labute approximate surface area is 136 Å². The van der Waals surface area contributed by atoms with E-state index < -0.39 is 0 Å². The number of hydrogen-bond donors (Lipinski definition) is 0. The van der Waals surface area contributed by atoms with Gasteiger partial charge < -0.3 is 4.74 Å². The van der Waals surface area contributed by atoms with E-state index in [-0.39, 0.29) is 0 Å². The molecule has 0 N–H and O–H groups in total. The average Bonchev–Trinajstić information content (AvgIpc) is 3.04. The molecule has 4 heteroatoms. The maximum Gasteiger partial charge on any atom is 0.122 e. The van der Waals surface area contributed by atoms with Crippen molar-refractivity contribution in [2.75, 3.05) is 6.61 Å². The van der Waals surface area contributed by atoms with Gasteiger partial charge in [-0.2, -0.15) is 5.10 Å². The monoisotopic (exact) mass is 307 g/mol. The predicted octanol–water partition coefficient (Wildman–Crippen LogP) is 4.03. The second-order valence-electron chi connectivity index (χ2n) is 5.65.